The van der Waals surface area contributed by atoms with Crippen molar-refractivity contribution in [3.8, 4) is 0 Å². The van der Waals surface area contributed by atoms with E-state index >= 15 is 0 Å². The van der Waals surface area contributed by atoms with Crippen molar-refractivity contribution in [2.45, 2.75) is 32.7 Å². The second kappa shape index (κ2) is 5.09. The molecule has 2 unspecified atom stereocenters. The predicted octanol–water partition coefficient (Wildman–Crippen LogP) is 0.314. The van der Waals surface area contributed by atoms with Gasteiger partial charge in [0.05, 0.1) is 5.75 Å². The van der Waals surface area contributed by atoms with E-state index in [1.54, 1.807) is 0 Å². The predicted molar refractivity (Wildman–Crippen MR) is 57.7 cm³/mol. The van der Waals surface area contributed by atoms with Gasteiger partial charge in [-0.1, -0.05) is 13.8 Å². The maximum Gasteiger partial charge on any atom is 0.213 e. The minimum Gasteiger partial charge on any atom is -0.316 e. The summed E-state index contributed by atoms with van der Waals surface area (Å²) in [6.07, 6.45) is 2.02. The van der Waals surface area contributed by atoms with Crippen LogP contribution in [0.15, 0.2) is 0 Å². The van der Waals surface area contributed by atoms with E-state index in [2.05, 4.69) is 23.9 Å². The summed E-state index contributed by atoms with van der Waals surface area (Å²) < 4.78 is 25.6. The Bertz CT molecular complexity index is 264. The van der Waals surface area contributed by atoms with Crippen LogP contribution in [0.25, 0.3) is 0 Å². The van der Waals surface area contributed by atoms with E-state index in [1.165, 1.54) is 0 Å². The van der Waals surface area contributed by atoms with Gasteiger partial charge in [-0.3, -0.25) is 0 Å². The van der Waals surface area contributed by atoms with Crippen molar-refractivity contribution in [1.29, 1.82) is 0 Å². The summed E-state index contributed by atoms with van der Waals surface area (Å²) in [6.45, 7) is 5.55. The Labute approximate surface area is 86.5 Å². The lowest BCUT2D eigenvalue weighted by Crippen LogP contribution is -2.33. The average Bonchev–Trinajstić information content (AvgIpc) is 2.75. The zero-order valence-electron chi connectivity index (χ0n) is 8.91. The van der Waals surface area contributed by atoms with E-state index in [0.29, 0.717) is 12.5 Å². The van der Waals surface area contributed by atoms with Gasteiger partial charge in [-0.15, -0.1) is 0 Å². The molecule has 1 aliphatic carbocycles. The third-order valence-corrected chi connectivity index (χ3v) is 3.82. The molecule has 0 amide bonds. The van der Waals surface area contributed by atoms with Crippen LogP contribution in [0.2, 0.25) is 0 Å². The van der Waals surface area contributed by atoms with Crippen molar-refractivity contribution in [2.75, 3.05) is 18.8 Å². The van der Waals surface area contributed by atoms with E-state index in [0.717, 1.165) is 19.4 Å². The van der Waals surface area contributed by atoms with E-state index in [-0.39, 0.29) is 11.8 Å². The van der Waals surface area contributed by atoms with Gasteiger partial charge in [-0.2, -0.15) is 0 Å². The monoisotopic (exact) mass is 220 g/mol. The summed E-state index contributed by atoms with van der Waals surface area (Å²) in [5.41, 5.74) is 0. The number of sulfonamides is 1. The van der Waals surface area contributed by atoms with E-state index in [4.69, 9.17) is 0 Å². The van der Waals surface area contributed by atoms with Crippen LogP contribution in [0.5, 0.6) is 0 Å². The summed E-state index contributed by atoms with van der Waals surface area (Å²) in [4.78, 5) is 0. The zero-order valence-corrected chi connectivity index (χ0v) is 9.73. The second-order valence-corrected chi connectivity index (χ2v) is 5.88. The fraction of sp³-hybridized carbons (Fsp3) is 1.00. The quantitative estimate of drug-likeness (QED) is 0.607. The van der Waals surface area contributed by atoms with Crippen LogP contribution in [0, 0.1) is 5.92 Å². The fourth-order valence-electron chi connectivity index (χ4n) is 1.28. The van der Waals surface area contributed by atoms with Crippen molar-refractivity contribution in [1.82, 2.24) is 10.0 Å². The Kier molecular flexibility index (Phi) is 4.34. The second-order valence-electron chi connectivity index (χ2n) is 4.01. The lowest BCUT2D eigenvalue weighted by atomic mass is 10.5. The van der Waals surface area contributed by atoms with Gasteiger partial charge < -0.3 is 5.32 Å². The smallest absolute Gasteiger partial charge is 0.213 e. The SMILES string of the molecule is CCCNCCS(=O)(=O)NC1CC1C. The lowest BCUT2D eigenvalue weighted by Gasteiger charge is -2.06. The molecule has 0 aromatic heterocycles. The molecule has 2 atom stereocenters. The molecule has 0 aromatic rings. The number of rotatable bonds is 7. The summed E-state index contributed by atoms with van der Waals surface area (Å²) in [6, 6.07) is 0.200. The summed E-state index contributed by atoms with van der Waals surface area (Å²) >= 11 is 0. The van der Waals surface area contributed by atoms with Crippen LogP contribution in [0.1, 0.15) is 26.7 Å². The van der Waals surface area contributed by atoms with Crippen LogP contribution in [0.3, 0.4) is 0 Å². The minimum absolute atomic E-state index is 0.191. The van der Waals surface area contributed by atoms with Gasteiger partial charge in [-0.05, 0) is 25.3 Å². The van der Waals surface area contributed by atoms with Crippen LogP contribution >= 0.6 is 0 Å². The highest BCUT2D eigenvalue weighted by atomic mass is 32.2. The third kappa shape index (κ3) is 4.39. The van der Waals surface area contributed by atoms with Crippen molar-refractivity contribution < 1.29 is 8.42 Å². The van der Waals surface area contributed by atoms with Gasteiger partial charge in [0.1, 0.15) is 0 Å². The Balaban J connectivity index is 2.14. The highest BCUT2D eigenvalue weighted by Gasteiger charge is 2.35. The molecule has 0 saturated heterocycles. The zero-order chi connectivity index (χ0) is 10.6. The average molecular weight is 220 g/mol. The molecule has 0 heterocycles. The van der Waals surface area contributed by atoms with Crippen LogP contribution in [-0.2, 0) is 10.0 Å². The van der Waals surface area contributed by atoms with Gasteiger partial charge >= 0.3 is 0 Å². The molecule has 5 heteroatoms. The minimum atomic E-state index is -3.04. The molecule has 1 aliphatic rings. The van der Waals surface area contributed by atoms with Crippen LogP contribution < -0.4 is 10.0 Å². The molecule has 2 N–H and O–H groups in total. The van der Waals surface area contributed by atoms with Gasteiger partial charge in [-0.25, -0.2) is 13.1 Å². The van der Waals surface area contributed by atoms with E-state index in [1.807, 2.05) is 0 Å². The normalized spacial score (nSPS) is 26.4. The van der Waals surface area contributed by atoms with Crippen molar-refractivity contribution in [2.24, 2.45) is 5.92 Å². The topological polar surface area (TPSA) is 58.2 Å². The Morgan fingerprint density at radius 2 is 2.00 bits per heavy atom. The van der Waals surface area contributed by atoms with Gasteiger partial charge in [0.15, 0.2) is 0 Å². The molecule has 1 fully saturated rings. The molecule has 4 nitrogen and oxygen atoms in total. The first-order chi connectivity index (χ1) is 6.55. The Hall–Kier alpha value is -0.130. The molecular weight excluding hydrogens is 200 g/mol. The molecular formula is C9H20N2O2S. The third-order valence-electron chi connectivity index (χ3n) is 2.41. The highest BCUT2D eigenvalue weighted by Crippen LogP contribution is 2.29. The Morgan fingerprint density at radius 1 is 1.36 bits per heavy atom. The highest BCUT2D eigenvalue weighted by molar-refractivity contribution is 7.89. The van der Waals surface area contributed by atoms with Crippen molar-refractivity contribution in [3.05, 3.63) is 0 Å². The first kappa shape index (κ1) is 11.9. The van der Waals surface area contributed by atoms with Crippen molar-refractivity contribution >= 4 is 10.0 Å². The molecule has 1 saturated carbocycles. The fourth-order valence-corrected chi connectivity index (χ4v) is 2.60. The van der Waals surface area contributed by atoms with Crippen LogP contribution in [-0.4, -0.2) is 33.3 Å². The van der Waals surface area contributed by atoms with Gasteiger partial charge in [0.2, 0.25) is 10.0 Å². The van der Waals surface area contributed by atoms with E-state index < -0.39 is 10.0 Å². The molecule has 0 aliphatic heterocycles. The summed E-state index contributed by atoms with van der Waals surface area (Å²) in [5.74, 6) is 0.712. The number of hydrogen-bond donors (Lipinski definition) is 2. The van der Waals surface area contributed by atoms with Crippen LogP contribution in [0.4, 0.5) is 0 Å². The van der Waals surface area contributed by atoms with Crippen molar-refractivity contribution in [3.63, 3.8) is 0 Å². The molecule has 0 aromatic carbocycles. The van der Waals surface area contributed by atoms with Gasteiger partial charge in [0.25, 0.3) is 0 Å². The van der Waals surface area contributed by atoms with Gasteiger partial charge in [0, 0.05) is 12.6 Å². The molecule has 1 rings (SSSR count). The molecule has 14 heavy (non-hydrogen) atoms. The summed E-state index contributed by atoms with van der Waals surface area (Å²) in [7, 11) is -3.04. The number of hydrogen-bond acceptors (Lipinski definition) is 3. The molecule has 0 bridgehead atoms. The standard InChI is InChI=1S/C9H20N2O2S/c1-3-4-10-5-6-14(12,13)11-9-7-8(9)2/h8-11H,3-7H2,1-2H3. The van der Waals surface area contributed by atoms with E-state index in [9.17, 15) is 8.42 Å². The largest absolute Gasteiger partial charge is 0.316 e. The molecule has 0 radical (unpaired) electrons. The molecule has 84 valence electrons. The first-order valence-electron chi connectivity index (χ1n) is 5.26. The maximum absolute atomic E-state index is 11.4. The number of nitrogens with one attached hydrogen (secondary N) is 2. The Morgan fingerprint density at radius 3 is 2.50 bits per heavy atom. The lowest BCUT2D eigenvalue weighted by molar-refractivity contribution is 0.573. The maximum atomic E-state index is 11.4. The summed E-state index contributed by atoms with van der Waals surface area (Å²) in [5, 5.41) is 3.08. The first-order valence-corrected chi connectivity index (χ1v) is 6.91. The molecule has 0 spiro atoms.